The predicted molar refractivity (Wildman–Crippen MR) is 81.9 cm³/mol. The van der Waals surface area contributed by atoms with E-state index in [1.807, 2.05) is 24.0 Å². The van der Waals surface area contributed by atoms with Gasteiger partial charge in [0.05, 0.1) is 18.8 Å². The zero-order valence-corrected chi connectivity index (χ0v) is 12.8. The molecule has 5 nitrogen and oxygen atoms in total. The van der Waals surface area contributed by atoms with Crippen LogP contribution in [0, 0.1) is 12.8 Å². The molecule has 0 bridgehead atoms. The Morgan fingerprint density at radius 2 is 2.24 bits per heavy atom. The van der Waals surface area contributed by atoms with Gasteiger partial charge in [-0.1, -0.05) is 12.8 Å². The van der Waals surface area contributed by atoms with Crippen LogP contribution in [-0.2, 0) is 11.3 Å². The van der Waals surface area contributed by atoms with Crippen LogP contribution in [0.3, 0.4) is 0 Å². The smallest absolute Gasteiger partial charge is 0.237 e. The predicted octanol–water partition coefficient (Wildman–Crippen LogP) is 1.62. The molecule has 0 spiro atoms. The molecule has 21 heavy (non-hydrogen) atoms. The summed E-state index contributed by atoms with van der Waals surface area (Å²) in [6, 6.07) is 0.570. The second-order valence-electron chi connectivity index (χ2n) is 6.52. The molecular weight excluding hydrogens is 264 g/mol. The van der Waals surface area contributed by atoms with E-state index in [1.54, 1.807) is 0 Å². The first-order chi connectivity index (χ1) is 10.2. The van der Waals surface area contributed by atoms with Gasteiger partial charge in [0.2, 0.25) is 5.91 Å². The van der Waals surface area contributed by atoms with Gasteiger partial charge in [-0.2, -0.15) is 5.10 Å². The molecule has 0 aromatic carbocycles. The maximum Gasteiger partial charge on any atom is 0.237 e. The van der Waals surface area contributed by atoms with Gasteiger partial charge in [-0.3, -0.25) is 9.48 Å². The van der Waals surface area contributed by atoms with Gasteiger partial charge >= 0.3 is 0 Å². The first kappa shape index (κ1) is 14.6. The standard InChI is InChI=1S/C16H26N4O/c1-12-10-18-20(11-12)9-8-17-16(21)15-7-6-13-4-2-3-5-14(13)19-15/h10-11,13-15,19H,2-9H2,1H3,(H,17,21). The molecule has 1 saturated carbocycles. The number of aromatic nitrogens is 2. The highest BCUT2D eigenvalue weighted by Gasteiger charge is 2.34. The third kappa shape index (κ3) is 3.64. The van der Waals surface area contributed by atoms with Gasteiger partial charge < -0.3 is 10.6 Å². The monoisotopic (exact) mass is 290 g/mol. The van der Waals surface area contributed by atoms with E-state index in [4.69, 9.17) is 0 Å². The molecule has 1 aliphatic heterocycles. The maximum absolute atomic E-state index is 12.3. The Labute approximate surface area is 126 Å². The molecule has 1 aliphatic carbocycles. The van der Waals surface area contributed by atoms with Crippen LogP contribution in [0.1, 0.15) is 44.1 Å². The van der Waals surface area contributed by atoms with Gasteiger partial charge in [0, 0.05) is 18.8 Å². The molecular formula is C16H26N4O. The van der Waals surface area contributed by atoms with Crippen molar-refractivity contribution in [2.75, 3.05) is 6.54 Å². The van der Waals surface area contributed by atoms with Crippen molar-refractivity contribution >= 4 is 5.91 Å². The van der Waals surface area contributed by atoms with Crippen LogP contribution in [0.4, 0.5) is 0 Å². The number of nitrogens with zero attached hydrogens (tertiary/aromatic N) is 2. The topological polar surface area (TPSA) is 59.0 Å². The van der Waals surface area contributed by atoms with E-state index < -0.39 is 0 Å². The fourth-order valence-electron chi connectivity index (χ4n) is 3.71. The van der Waals surface area contributed by atoms with E-state index >= 15 is 0 Å². The molecule has 2 N–H and O–H groups in total. The number of hydrogen-bond donors (Lipinski definition) is 2. The first-order valence-corrected chi connectivity index (χ1v) is 8.25. The van der Waals surface area contributed by atoms with Gasteiger partial charge in [-0.15, -0.1) is 0 Å². The lowest BCUT2D eigenvalue weighted by Gasteiger charge is -2.39. The van der Waals surface area contributed by atoms with Gasteiger partial charge in [0.1, 0.15) is 0 Å². The number of amides is 1. The van der Waals surface area contributed by atoms with Crippen molar-refractivity contribution in [3.63, 3.8) is 0 Å². The summed E-state index contributed by atoms with van der Waals surface area (Å²) in [6.07, 6.45) is 11.3. The van der Waals surface area contributed by atoms with Crippen molar-refractivity contribution in [1.82, 2.24) is 20.4 Å². The number of aryl methyl sites for hydroxylation is 1. The van der Waals surface area contributed by atoms with Crippen LogP contribution in [0.15, 0.2) is 12.4 Å². The van der Waals surface area contributed by atoms with Gasteiger partial charge in [-0.05, 0) is 44.1 Å². The van der Waals surface area contributed by atoms with Gasteiger partial charge in [-0.25, -0.2) is 0 Å². The summed E-state index contributed by atoms with van der Waals surface area (Å²) in [5, 5.41) is 10.8. The fourth-order valence-corrected chi connectivity index (χ4v) is 3.71. The number of nitrogens with one attached hydrogen (secondary N) is 2. The number of piperidine rings is 1. The normalized spacial score (nSPS) is 28.9. The van der Waals surface area contributed by atoms with Crippen LogP contribution >= 0.6 is 0 Å². The van der Waals surface area contributed by atoms with Crippen LogP contribution in [0.2, 0.25) is 0 Å². The molecule has 2 fully saturated rings. The zero-order valence-electron chi connectivity index (χ0n) is 12.8. The average Bonchev–Trinajstić information content (AvgIpc) is 2.92. The summed E-state index contributed by atoms with van der Waals surface area (Å²) in [5.41, 5.74) is 1.15. The molecule has 5 heteroatoms. The van der Waals surface area contributed by atoms with Crippen LogP contribution in [0.5, 0.6) is 0 Å². The van der Waals surface area contributed by atoms with E-state index in [-0.39, 0.29) is 11.9 Å². The van der Waals surface area contributed by atoms with Crippen LogP contribution < -0.4 is 10.6 Å². The average molecular weight is 290 g/mol. The summed E-state index contributed by atoms with van der Waals surface area (Å²) < 4.78 is 1.88. The Balaban J connectivity index is 1.43. The molecule has 1 amide bonds. The lowest BCUT2D eigenvalue weighted by molar-refractivity contribution is -0.124. The third-order valence-electron chi connectivity index (χ3n) is 4.87. The Bertz CT molecular complexity index is 484. The zero-order chi connectivity index (χ0) is 14.7. The minimum atomic E-state index is 0.00343. The Hall–Kier alpha value is -1.36. The second kappa shape index (κ2) is 6.60. The molecule has 1 saturated heterocycles. The van der Waals surface area contributed by atoms with Crippen molar-refractivity contribution < 1.29 is 4.79 Å². The Morgan fingerprint density at radius 3 is 3.05 bits per heavy atom. The molecule has 3 rings (SSSR count). The number of hydrogen-bond acceptors (Lipinski definition) is 3. The highest BCUT2D eigenvalue weighted by Crippen LogP contribution is 2.32. The summed E-state index contributed by atoms with van der Waals surface area (Å²) in [7, 11) is 0. The highest BCUT2D eigenvalue weighted by atomic mass is 16.2. The summed E-state index contributed by atoms with van der Waals surface area (Å²) >= 11 is 0. The van der Waals surface area contributed by atoms with Crippen LogP contribution in [-0.4, -0.2) is 34.3 Å². The number of fused-ring (bicyclic) bond motifs is 1. The maximum atomic E-state index is 12.3. The highest BCUT2D eigenvalue weighted by molar-refractivity contribution is 5.81. The Kier molecular flexibility index (Phi) is 4.58. The lowest BCUT2D eigenvalue weighted by atomic mass is 9.77. The molecule has 2 aliphatic rings. The summed E-state index contributed by atoms with van der Waals surface area (Å²) in [6.45, 7) is 3.40. The summed E-state index contributed by atoms with van der Waals surface area (Å²) in [5.74, 6) is 0.956. The molecule has 0 radical (unpaired) electrons. The van der Waals surface area contributed by atoms with Crippen molar-refractivity contribution in [3.8, 4) is 0 Å². The van der Waals surface area contributed by atoms with Gasteiger partial charge in [0.15, 0.2) is 0 Å². The van der Waals surface area contributed by atoms with Gasteiger partial charge in [0.25, 0.3) is 0 Å². The lowest BCUT2D eigenvalue weighted by Crippen LogP contribution is -2.55. The fraction of sp³-hybridized carbons (Fsp3) is 0.750. The molecule has 1 aromatic heterocycles. The SMILES string of the molecule is Cc1cnn(CCNC(=O)C2CCC3CCCCC3N2)c1. The summed E-state index contributed by atoms with van der Waals surface area (Å²) in [4.78, 5) is 12.3. The minimum Gasteiger partial charge on any atom is -0.353 e. The molecule has 2 heterocycles. The van der Waals surface area contributed by atoms with E-state index in [0.717, 1.165) is 24.4 Å². The molecule has 3 unspecified atom stereocenters. The third-order valence-corrected chi connectivity index (χ3v) is 4.87. The molecule has 116 valence electrons. The molecule has 3 atom stereocenters. The van der Waals surface area contributed by atoms with Crippen LogP contribution in [0.25, 0.3) is 0 Å². The number of rotatable bonds is 4. The van der Waals surface area contributed by atoms with Crippen molar-refractivity contribution in [1.29, 1.82) is 0 Å². The number of carbonyl (C=O) groups excluding carboxylic acids is 1. The second-order valence-corrected chi connectivity index (χ2v) is 6.52. The Morgan fingerprint density at radius 1 is 1.38 bits per heavy atom. The van der Waals surface area contributed by atoms with Crippen molar-refractivity contribution in [3.05, 3.63) is 18.0 Å². The molecule has 1 aromatic rings. The van der Waals surface area contributed by atoms with E-state index in [0.29, 0.717) is 12.6 Å². The quantitative estimate of drug-likeness (QED) is 0.886. The van der Waals surface area contributed by atoms with Crippen molar-refractivity contribution in [2.24, 2.45) is 5.92 Å². The van der Waals surface area contributed by atoms with E-state index in [9.17, 15) is 4.79 Å². The first-order valence-electron chi connectivity index (χ1n) is 8.25. The largest absolute Gasteiger partial charge is 0.353 e. The van der Waals surface area contributed by atoms with E-state index in [1.165, 1.54) is 32.1 Å². The number of carbonyl (C=O) groups is 1. The van der Waals surface area contributed by atoms with E-state index in [2.05, 4.69) is 15.7 Å². The van der Waals surface area contributed by atoms with Crippen molar-refractivity contribution in [2.45, 2.75) is 64.1 Å². The minimum absolute atomic E-state index is 0.00343.